The van der Waals surface area contributed by atoms with Crippen molar-refractivity contribution < 1.29 is 9.59 Å². The van der Waals surface area contributed by atoms with Gasteiger partial charge in [-0.05, 0) is 43.4 Å². The molecule has 0 aliphatic rings. The average Bonchev–Trinajstić information content (AvgIpc) is 2.67. The van der Waals surface area contributed by atoms with Gasteiger partial charge in [0.25, 0.3) is 5.56 Å². The zero-order chi connectivity index (χ0) is 20.1. The number of amides is 1. The van der Waals surface area contributed by atoms with E-state index in [1.54, 1.807) is 12.1 Å². The number of hydrogen-bond donors (Lipinski definition) is 2. The number of aromatic amines is 1. The molecule has 0 bridgehead atoms. The van der Waals surface area contributed by atoms with Crippen LogP contribution in [0.5, 0.6) is 0 Å². The summed E-state index contributed by atoms with van der Waals surface area (Å²) in [5.41, 5.74) is 4.11. The molecule has 0 saturated carbocycles. The van der Waals surface area contributed by atoms with Gasteiger partial charge in [-0.25, -0.2) is 0 Å². The molecule has 2 N–H and O–H groups in total. The molecule has 2 aromatic carbocycles. The second-order valence-electron chi connectivity index (χ2n) is 7.10. The predicted molar refractivity (Wildman–Crippen MR) is 111 cm³/mol. The summed E-state index contributed by atoms with van der Waals surface area (Å²) in [7, 11) is 0. The molecule has 3 aromatic rings. The highest BCUT2D eigenvalue weighted by Gasteiger charge is 2.10. The van der Waals surface area contributed by atoms with Crippen LogP contribution < -0.4 is 10.9 Å². The molecule has 0 spiro atoms. The zero-order valence-electron chi connectivity index (χ0n) is 16.2. The number of carbonyl (C=O) groups excluding carboxylic acids is 2. The van der Waals surface area contributed by atoms with Crippen LogP contribution >= 0.6 is 0 Å². The summed E-state index contributed by atoms with van der Waals surface area (Å²) >= 11 is 0. The smallest absolute Gasteiger partial charge is 0.251 e. The van der Waals surface area contributed by atoms with Crippen molar-refractivity contribution in [3.8, 4) is 0 Å². The summed E-state index contributed by atoms with van der Waals surface area (Å²) in [5.74, 6) is -0.232. The first-order chi connectivity index (χ1) is 13.4. The number of carbonyl (C=O) groups is 2. The topological polar surface area (TPSA) is 79.0 Å². The Bertz CT molecular complexity index is 1070. The number of Topliss-reactive ketones (excluding diaryl/α,β-unsaturated/α-hetero) is 1. The molecule has 0 aliphatic carbocycles. The van der Waals surface area contributed by atoms with Gasteiger partial charge in [-0.2, -0.15) is 0 Å². The van der Waals surface area contributed by atoms with E-state index in [0.717, 1.165) is 22.0 Å². The molecule has 0 saturated heterocycles. The summed E-state index contributed by atoms with van der Waals surface area (Å²) in [6.07, 6.45) is 0.752. The van der Waals surface area contributed by atoms with Crippen molar-refractivity contribution in [2.45, 2.75) is 33.1 Å². The van der Waals surface area contributed by atoms with Crippen LogP contribution in [0.4, 0.5) is 0 Å². The maximum absolute atomic E-state index is 12.2. The molecule has 5 nitrogen and oxygen atoms in total. The molecule has 1 amide bonds. The van der Waals surface area contributed by atoms with E-state index in [1.165, 1.54) is 0 Å². The van der Waals surface area contributed by atoms with Crippen molar-refractivity contribution in [2.75, 3.05) is 6.54 Å². The molecule has 5 heteroatoms. The van der Waals surface area contributed by atoms with E-state index in [4.69, 9.17) is 0 Å². The molecule has 3 rings (SSSR count). The van der Waals surface area contributed by atoms with Gasteiger partial charge in [0.1, 0.15) is 0 Å². The van der Waals surface area contributed by atoms with Crippen LogP contribution in [-0.4, -0.2) is 23.2 Å². The van der Waals surface area contributed by atoms with E-state index in [0.29, 0.717) is 24.1 Å². The Morgan fingerprint density at radius 2 is 1.64 bits per heavy atom. The molecule has 0 unspecified atom stereocenters. The number of aryl methyl sites for hydroxylation is 2. The fourth-order valence-electron chi connectivity index (χ4n) is 3.08. The van der Waals surface area contributed by atoms with Gasteiger partial charge in [-0.1, -0.05) is 42.0 Å². The lowest BCUT2D eigenvalue weighted by atomic mass is 10.0. The summed E-state index contributed by atoms with van der Waals surface area (Å²) in [6.45, 7) is 4.30. The van der Waals surface area contributed by atoms with Crippen molar-refractivity contribution in [1.29, 1.82) is 0 Å². The van der Waals surface area contributed by atoms with E-state index in [-0.39, 0.29) is 30.1 Å². The Hall–Kier alpha value is -3.21. The van der Waals surface area contributed by atoms with Crippen LogP contribution in [-0.2, 0) is 11.2 Å². The highest BCUT2D eigenvalue weighted by molar-refractivity contribution is 5.97. The lowest BCUT2D eigenvalue weighted by Crippen LogP contribution is -2.27. The van der Waals surface area contributed by atoms with Crippen LogP contribution in [0.2, 0.25) is 0 Å². The second kappa shape index (κ2) is 8.65. The van der Waals surface area contributed by atoms with E-state index in [9.17, 15) is 14.4 Å². The molecular weight excluding hydrogens is 352 g/mol. The third kappa shape index (κ3) is 4.94. The predicted octanol–water partition coefficient (Wildman–Crippen LogP) is 3.47. The van der Waals surface area contributed by atoms with Gasteiger partial charge in [0.2, 0.25) is 5.91 Å². The Balaban J connectivity index is 1.50. The maximum Gasteiger partial charge on any atom is 0.251 e. The highest BCUT2D eigenvalue weighted by atomic mass is 16.2. The maximum atomic E-state index is 12.2. The summed E-state index contributed by atoms with van der Waals surface area (Å²) in [6, 6.07) is 15.1. The average molecular weight is 376 g/mol. The first-order valence-electron chi connectivity index (χ1n) is 9.41. The van der Waals surface area contributed by atoms with Gasteiger partial charge in [0.05, 0.1) is 0 Å². The Labute approximate surface area is 163 Å². The Morgan fingerprint density at radius 3 is 2.39 bits per heavy atom. The molecule has 0 atom stereocenters. The molecule has 1 heterocycles. The van der Waals surface area contributed by atoms with Crippen molar-refractivity contribution in [3.05, 3.63) is 81.1 Å². The lowest BCUT2D eigenvalue weighted by molar-refractivity contribution is -0.121. The molecule has 0 aliphatic heterocycles. The van der Waals surface area contributed by atoms with Gasteiger partial charge in [0, 0.05) is 36.0 Å². The minimum absolute atomic E-state index is 0.0450. The molecule has 144 valence electrons. The first-order valence-corrected chi connectivity index (χ1v) is 9.41. The van der Waals surface area contributed by atoms with Crippen LogP contribution in [0, 0.1) is 13.8 Å². The quantitative estimate of drug-likeness (QED) is 0.620. The van der Waals surface area contributed by atoms with E-state index in [1.807, 2.05) is 50.2 Å². The number of hydrogen-bond acceptors (Lipinski definition) is 3. The minimum atomic E-state index is -0.187. The van der Waals surface area contributed by atoms with Gasteiger partial charge in [0.15, 0.2) is 5.78 Å². The highest BCUT2D eigenvalue weighted by Crippen LogP contribution is 2.13. The van der Waals surface area contributed by atoms with Gasteiger partial charge in [-0.3, -0.25) is 14.4 Å². The molecule has 0 fully saturated rings. The largest absolute Gasteiger partial charge is 0.356 e. The van der Waals surface area contributed by atoms with E-state index < -0.39 is 0 Å². The summed E-state index contributed by atoms with van der Waals surface area (Å²) < 4.78 is 0. The van der Waals surface area contributed by atoms with Crippen LogP contribution in [0.1, 0.15) is 39.9 Å². The number of nitrogens with one attached hydrogen (secondary N) is 2. The second-order valence-corrected chi connectivity index (χ2v) is 7.10. The van der Waals surface area contributed by atoms with Gasteiger partial charge < -0.3 is 10.3 Å². The normalized spacial score (nSPS) is 10.8. The molecule has 1 aromatic heterocycles. The van der Waals surface area contributed by atoms with Crippen LogP contribution in [0.25, 0.3) is 10.9 Å². The van der Waals surface area contributed by atoms with E-state index in [2.05, 4.69) is 10.3 Å². The number of ketones is 1. The molecule has 28 heavy (non-hydrogen) atoms. The lowest BCUT2D eigenvalue weighted by Gasteiger charge is -2.07. The minimum Gasteiger partial charge on any atom is -0.356 e. The summed E-state index contributed by atoms with van der Waals surface area (Å²) in [5, 5.41) is 3.76. The van der Waals surface area contributed by atoms with Crippen LogP contribution in [0.3, 0.4) is 0 Å². The fraction of sp³-hybridized carbons (Fsp3) is 0.261. The van der Waals surface area contributed by atoms with Crippen LogP contribution in [0.15, 0.2) is 53.3 Å². The number of pyridine rings is 1. The van der Waals surface area contributed by atoms with Crippen molar-refractivity contribution >= 4 is 22.6 Å². The fourth-order valence-corrected chi connectivity index (χ4v) is 3.08. The number of H-pyrrole nitrogens is 1. The number of benzene rings is 2. The SMILES string of the molecule is Cc1ccc(C(=O)CCC(=O)NCCc2cc3ccc(C)cc3[nH]c2=O)cc1. The molecular formula is C23H24N2O3. The number of rotatable bonds is 7. The summed E-state index contributed by atoms with van der Waals surface area (Å²) in [4.78, 5) is 39.2. The van der Waals surface area contributed by atoms with Gasteiger partial charge >= 0.3 is 0 Å². The van der Waals surface area contributed by atoms with Gasteiger partial charge in [-0.15, -0.1) is 0 Å². The Morgan fingerprint density at radius 1 is 0.929 bits per heavy atom. The van der Waals surface area contributed by atoms with Crippen molar-refractivity contribution in [2.24, 2.45) is 0 Å². The number of fused-ring (bicyclic) bond motifs is 1. The molecule has 0 radical (unpaired) electrons. The number of aromatic nitrogens is 1. The van der Waals surface area contributed by atoms with Crippen molar-refractivity contribution in [1.82, 2.24) is 10.3 Å². The van der Waals surface area contributed by atoms with Crippen molar-refractivity contribution in [3.63, 3.8) is 0 Å². The standard InChI is InChI=1S/C23H24N2O3/c1-15-3-6-17(7-4-15)21(26)9-10-22(27)24-12-11-19-14-18-8-5-16(2)13-20(18)25-23(19)28/h3-8,13-14H,9-12H2,1-2H3,(H,24,27)(H,25,28). The zero-order valence-corrected chi connectivity index (χ0v) is 16.2. The first kappa shape index (κ1) is 19.5. The third-order valence-electron chi connectivity index (χ3n) is 4.75. The monoisotopic (exact) mass is 376 g/mol. The third-order valence-corrected chi connectivity index (χ3v) is 4.75. The Kier molecular flexibility index (Phi) is 6.04. The van der Waals surface area contributed by atoms with E-state index >= 15 is 0 Å².